The molecule has 23 heavy (non-hydrogen) atoms. The van der Waals surface area contributed by atoms with Crippen molar-refractivity contribution in [2.75, 3.05) is 13.2 Å². The first-order valence-corrected chi connectivity index (χ1v) is 9.33. The molecule has 0 N–H and O–H groups in total. The largest absolute Gasteiger partial charge is 0.465 e. The summed E-state index contributed by atoms with van der Waals surface area (Å²) < 4.78 is 10.1. The van der Waals surface area contributed by atoms with Crippen LogP contribution in [0.4, 0.5) is 0 Å². The third-order valence-electron chi connectivity index (χ3n) is 3.69. The maximum Gasteiger partial charge on any atom is 0.305 e. The van der Waals surface area contributed by atoms with E-state index in [0.29, 0.717) is 12.8 Å². The van der Waals surface area contributed by atoms with Gasteiger partial charge in [-0.15, -0.1) is 0 Å². The van der Waals surface area contributed by atoms with E-state index in [2.05, 4.69) is 13.8 Å². The molecule has 0 saturated carbocycles. The molecular weight excluding hydrogens is 292 g/mol. The Bertz CT molecular complexity index is 261. The van der Waals surface area contributed by atoms with Crippen LogP contribution in [0.1, 0.15) is 90.9 Å². The third kappa shape index (κ3) is 17.1. The van der Waals surface area contributed by atoms with Crippen molar-refractivity contribution in [3.8, 4) is 0 Å². The van der Waals surface area contributed by atoms with Crippen LogP contribution in [-0.2, 0) is 19.1 Å². The maximum atomic E-state index is 11.5. The van der Waals surface area contributed by atoms with Gasteiger partial charge in [-0.05, 0) is 12.8 Å². The highest BCUT2D eigenvalue weighted by molar-refractivity contribution is 5.69. The van der Waals surface area contributed by atoms with Crippen molar-refractivity contribution >= 4 is 11.9 Å². The molecule has 0 aliphatic rings. The van der Waals surface area contributed by atoms with Crippen molar-refractivity contribution in [3.05, 3.63) is 6.42 Å². The van der Waals surface area contributed by atoms with Crippen molar-refractivity contribution in [1.29, 1.82) is 0 Å². The SMILES string of the molecule is CCCCCCCC(=O)OC[CH]COC(=O)CCCCCCC. The van der Waals surface area contributed by atoms with E-state index in [0.717, 1.165) is 25.7 Å². The monoisotopic (exact) mass is 327 g/mol. The van der Waals surface area contributed by atoms with Gasteiger partial charge in [-0.2, -0.15) is 0 Å². The lowest BCUT2D eigenvalue weighted by molar-refractivity contribution is -0.144. The topological polar surface area (TPSA) is 52.6 Å². The molecule has 0 fully saturated rings. The molecule has 4 nitrogen and oxygen atoms in total. The molecule has 4 heteroatoms. The average Bonchev–Trinajstić information content (AvgIpc) is 2.54. The molecule has 0 unspecified atom stereocenters. The summed E-state index contributed by atoms with van der Waals surface area (Å²) in [7, 11) is 0. The van der Waals surface area contributed by atoms with Gasteiger partial charge in [0, 0.05) is 19.3 Å². The molecule has 0 aromatic rings. The van der Waals surface area contributed by atoms with Crippen LogP contribution in [0, 0.1) is 6.42 Å². The first-order chi connectivity index (χ1) is 11.2. The number of carbonyl (C=O) groups is 2. The third-order valence-corrected chi connectivity index (χ3v) is 3.69. The Morgan fingerprint density at radius 3 is 1.43 bits per heavy atom. The summed E-state index contributed by atoms with van der Waals surface area (Å²) in [5.41, 5.74) is 0. The molecule has 0 aliphatic heterocycles. The fourth-order valence-electron chi connectivity index (χ4n) is 2.24. The molecule has 0 spiro atoms. The minimum absolute atomic E-state index is 0.167. The van der Waals surface area contributed by atoms with E-state index in [-0.39, 0.29) is 25.2 Å². The zero-order valence-corrected chi connectivity index (χ0v) is 15.1. The van der Waals surface area contributed by atoms with Gasteiger partial charge in [0.05, 0.1) is 13.2 Å². The van der Waals surface area contributed by atoms with E-state index in [9.17, 15) is 9.59 Å². The van der Waals surface area contributed by atoms with E-state index >= 15 is 0 Å². The summed E-state index contributed by atoms with van der Waals surface area (Å²) in [6, 6.07) is 0. The Labute approximate surface area is 142 Å². The fourth-order valence-corrected chi connectivity index (χ4v) is 2.24. The summed E-state index contributed by atoms with van der Waals surface area (Å²) in [6.45, 7) is 4.78. The second-order valence-corrected chi connectivity index (χ2v) is 5.98. The van der Waals surface area contributed by atoms with Crippen molar-refractivity contribution < 1.29 is 19.1 Å². The van der Waals surface area contributed by atoms with E-state index in [4.69, 9.17) is 9.47 Å². The second kappa shape index (κ2) is 17.3. The number of hydrogen-bond donors (Lipinski definition) is 0. The molecule has 0 aromatic heterocycles. The van der Waals surface area contributed by atoms with Crippen molar-refractivity contribution in [2.45, 2.75) is 90.9 Å². The van der Waals surface area contributed by atoms with E-state index in [1.165, 1.54) is 38.5 Å². The van der Waals surface area contributed by atoms with Gasteiger partial charge in [-0.25, -0.2) is 0 Å². The Kier molecular flexibility index (Phi) is 16.5. The van der Waals surface area contributed by atoms with E-state index < -0.39 is 0 Å². The van der Waals surface area contributed by atoms with Gasteiger partial charge < -0.3 is 9.47 Å². The summed E-state index contributed by atoms with van der Waals surface area (Å²) >= 11 is 0. The number of hydrogen-bond acceptors (Lipinski definition) is 4. The Morgan fingerprint density at radius 1 is 0.652 bits per heavy atom. The standard InChI is InChI=1S/C19H35O4/c1-3-5-7-9-11-14-18(20)22-16-13-17-23-19(21)15-12-10-8-6-4-2/h13H,3-12,14-17H2,1-2H3. The van der Waals surface area contributed by atoms with Crippen LogP contribution in [0.2, 0.25) is 0 Å². The van der Waals surface area contributed by atoms with Gasteiger partial charge in [-0.3, -0.25) is 9.59 Å². The van der Waals surface area contributed by atoms with Gasteiger partial charge in [-0.1, -0.05) is 65.2 Å². The lowest BCUT2D eigenvalue weighted by atomic mass is 10.1. The quantitative estimate of drug-likeness (QED) is 0.296. The number of unbranched alkanes of at least 4 members (excludes halogenated alkanes) is 8. The minimum atomic E-state index is -0.167. The lowest BCUT2D eigenvalue weighted by Gasteiger charge is -2.06. The summed E-state index contributed by atoms with van der Waals surface area (Å²) in [5.74, 6) is -0.333. The second-order valence-electron chi connectivity index (χ2n) is 5.98. The first-order valence-electron chi connectivity index (χ1n) is 9.33. The van der Waals surface area contributed by atoms with Crippen LogP contribution in [-0.4, -0.2) is 25.2 Å². The molecular formula is C19H35O4. The van der Waals surface area contributed by atoms with Gasteiger partial charge in [0.1, 0.15) is 0 Å². The van der Waals surface area contributed by atoms with Gasteiger partial charge in [0.15, 0.2) is 0 Å². The molecule has 0 aromatic carbocycles. The summed E-state index contributed by atoms with van der Waals surface area (Å²) in [6.07, 6.45) is 13.8. The van der Waals surface area contributed by atoms with Crippen molar-refractivity contribution in [2.24, 2.45) is 0 Å². The van der Waals surface area contributed by atoms with Crippen LogP contribution in [0.3, 0.4) is 0 Å². The van der Waals surface area contributed by atoms with Gasteiger partial charge in [0.25, 0.3) is 0 Å². The van der Waals surface area contributed by atoms with Crippen LogP contribution >= 0.6 is 0 Å². The van der Waals surface area contributed by atoms with Crippen LogP contribution in [0.15, 0.2) is 0 Å². The predicted molar refractivity (Wildman–Crippen MR) is 93.0 cm³/mol. The predicted octanol–water partition coefficient (Wildman–Crippen LogP) is 5.00. The molecule has 0 saturated heterocycles. The minimum Gasteiger partial charge on any atom is -0.465 e. The number of rotatable bonds is 16. The van der Waals surface area contributed by atoms with E-state index in [1.807, 2.05) is 0 Å². The lowest BCUT2D eigenvalue weighted by Crippen LogP contribution is -2.11. The molecule has 135 valence electrons. The zero-order chi connectivity index (χ0) is 17.2. The smallest absolute Gasteiger partial charge is 0.305 e. The zero-order valence-electron chi connectivity index (χ0n) is 15.1. The highest BCUT2D eigenvalue weighted by atomic mass is 16.5. The molecule has 0 heterocycles. The molecule has 0 rings (SSSR count). The summed E-state index contributed by atoms with van der Waals surface area (Å²) in [5, 5.41) is 0. The highest BCUT2D eigenvalue weighted by Crippen LogP contribution is 2.07. The van der Waals surface area contributed by atoms with E-state index in [1.54, 1.807) is 6.42 Å². The fraction of sp³-hybridized carbons (Fsp3) is 0.842. The van der Waals surface area contributed by atoms with Gasteiger partial charge in [0.2, 0.25) is 0 Å². The Morgan fingerprint density at radius 2 is 1.04 bits per heavy atom. The maximum absolute atomic E-state index is 11.5. The molecule has 1 radical (unpaired) electrons. The normalized spacial score (nSPS) is 10.5. The van der Waals surface area contributed by atoms with Crippen LogP contribution < -0.4 is 0 Å². The molecule has 0 bridgehead atoms. The van der Waals surface area contributed by atoms with Crippen LogP contribution in [0.25, 0.3) is 0 Å². The van der Waals surface area contributed by atoms with Crippen LogP contribution in [0.5, 0.6) is 0 Å². The van der Waals surface area contributed by atoms with Crippen molar-refractivity contribution in [1.82, 2.24) is 0 Å². The van der Waals surface area contributed by atoms with Gasteiger partial charge >= 0.3 is 11.9 Å². The molecule has 0 aliphatic carbocycles. The van der Waals surface area contributed by atoms with Crippen molar-refractivity contribution in [3.63, 3.8) is 0 Å². The number of carbonyl (C=O) groups excluding carboxylic acids is 2. The summed E-state index contributed by atoms with van der Waals surface area (Å²) in [4.78, 5) is 22.9. The average molecular weight is 327 g/mol. The highest BCUT2D eigenvalue weighted by Gasteiger charge is 2.05. The Balaban J connectivity index is 3.30. The number of esters is 2. The Hall–Kier alpha value is -1.06. The molecule has 0 amide bonds. The first kappa shape index (κ1) is 21.9. The number of ether oxygens (including phenoxy) is 2. The molecule has 0 atom stereocenters.